The Morgan fingerprint density at radius 1 is 1.32 bits per heavy atom. The van der Waals surface area contributed by atoms with Gasteiger partial charge in [-0.25, -0.2) is 18.1 Å². The highest BCUT2D eigenvalue weighted by atomic mass is 32.2. The van der Waals surface area contributed by atoms with Crippen LogP contribution < -0.4 is 4.72 Å². The molecule has 1 aromatic carbocycles. The maximum atomic E-state index is 11.6. The van der Waals surface area contributed by atoms with E-state index in [2.05, 4.69) is 9.71 Å². The standard InChI is InChI=1S/C13H18N2O3S/c1-2-3-10-19(16,17)14-9-8-13-15-11-6-4-5-7-12(11)18-13/h4-7,14H,2-3,8-10H2,1H3. The van der Waals surface area contributed by atoms with Crippen LogP contribution in [0.15, 0.2) is 28.7 Å². The lowest BCUT2D eigenvalue weighted by molar-refractivity contribution is 0.523. The average Bonchev–Trinajstić information content (AvgIpc) is 2.78. The van der Waals surface area contributed by atoms with E-state index >= 15 is 0 Å². The molecule has 2 aromatic rings. The second kappa shape index (κ2) is 6.16. The van der Waals surface area contributed by atoms with Gasteiger partial charge in [0.05, 0.1) is 5.75 Å². The van der Waals surface area contributed by atoms with Crippen molar-refractivity contribution in [2.24, 2.45) is 0 Å². The van der Waals surface area contributed by atoms with E-state index in [9.17, 15) is 8.42 Å². The Labute approximate surface area is 113 Å². The summed E-state index contributed by atoms with van der Waals surface area (Å²) in [4.78, 5) is 4.29. The molecule has 1 N–H and O–H groups in total. The molecule has 0 bridgehead atoms. The fourth-order valence-corrected chi connectivity index (χ4v) is 2.97. The van der Waals surface area contributed by atoms with Crippen LogP contribution in [-0.2, 0) is 16.4 Å². The summed E-state index contributed by atoms with van der Waals surface area (Å²) in [6.07, 6.45) is 2.00. The van der Waals surface area contributed by atoms with Gasteiger partial charge in [-0.3, -0.25) is 0 Å². The quantitative estimate of drug-likeness (QED) is 0.844. The zero-order valence-electron chi connectivity index (χ0n) is 10.9. The Morgan fingerprint density at radius 2 is 2.11 bits per heavy atom. The highest BCUT2D eigenvalue weighted by Gasteiger charge is 2.10. The van der Waals surface area contributed by atoms with Crippen molar-refractivity contribution in [2.45, 2.75) is 26.2 Å². The Morgan fingerprint density at radius 3 is 2.84 bits per heavy atom. The molecular formula is C13H18N2O3S. The number of aromatic nitrogens is 1. The average molecular weight is 282 g/mol. The number of para-hydroxylation sites is 2. The summed E-state index contributed by atoms with van der Waals surface area (Å²) in [5.41, 5.74) is 1.53. The molecule has 0 fully saturated rings. The van der Waals surface area contributed by atoms with Crippen molar-refractivity contribution in [2.75, 3.05) is 12.3 Å². The Balaban J connectivity index is 1.89. The first-order valence-corrected chi connectivity index (χ1v) is 8.08. The van der Waals surface area contributed by atoms with Crippen LogP contribution in [0.5, 0.6) is 0 Å². The molecule has 1 aromatic heterocycles. The smallest absolute Gasteiger partial charge is 0.211 e. The monoisotopic (exact) mass is 282 g/mol. The highest BCUT2D eigenvalue weighted by molar-refractivity contribution is 7.89. The summed E-state index contributed by atoms with van der Waals surface area (Å²) in [6.45, 7) is 2.28. The summed E-state index contributed by atoms with van der Waals surface area (Å²) < 4.78 is 31.3. The van der Waals surface area contributed by atoms with Crippen molar-refractivity contribution in [1.29, 1.82) is 0 Å². The first-order chi connectivity index (χ1) is 9.11. The lowest BCUT2D eigenvalue weighted by atomic mass is 10.3. The second-order valence-electron chi connectivity index (χ2n) is 4.39. The molecule has 104 valence electrons. The van der Waals surface area contributed by atoms with Crippen LogP contribution in [0.1, 0.15) is 25.7 Å². The fraction of sp³-hybridized carbons (Fsp3) is 0.462. The van der Waals surface area contributed by atoms with Gasteiger partial charge in [-0.05, 0) is 18.6 Å². The predicted octanol–water partition coefficient (Wildman–Crippen LogP) is 2.09. The Bertz CT molecular complexity index is 601. The topological polar surface area (TPSA) is 72.2 Å². The highest BCUT2D eigenvalue weighted by Crippen LogP contribution is 2.14. The van der Waals surface area contributed by atoms with E-state index in [0.29, 0.717) is 25.3 Å². The summed E-state index contributed by atoms with van der Waals surface area (Å²) in [5.74, 6) is 0.733. The van der Waals surface area contributed by atoms with Crippen molar-refractivity contribution in [3.8, 4) is 0 Å². The van der Waals surface area contributed by atoms with Crippen LogP contribution in [-0.4, -0.2) is 25.7 Å². The van der Waals surface area contributed by atoms with E-state index in [1.165, 1.54) is 0 Å². The van der Waals surface area contributed by atoms with Crippen LogP contribution in [0, 0.1) is 0 Å². The lowest BCUT2D eigenvalue weighted by Crippen LogP contribution is -2.28. The van der Waals surface area contributed by atoms with E-state index in [1.807, 2.05) is 31.2 Å². The van der Waals surface area contributed by atoms with Crippen molar-refractivity contribution in [3.05, 3.63) is 30.2 Å². The summed E-state index contributed by atoms with van der Waals surface area (Å²) in [6, 6.07) is 7.48. The van der Waals surface area contributed by atoms with Gasteiger partial charge in [0.15, 0.2) is 11.5 Å². The van der Waals surface area contributed by atoms with Crippen molar-refractivity contribution < 1.29 is 12.8 Å². The molecule has 2 rings (SSSR count). The van der Waals surface area contributed by atoms with E-state index < -0.39 is 10.0 Å². The van der Waals surface area contributed by atoms with E-state index in [1.54, 1.807) is 0 Å². The van der Waals surface area contributed by atoms with E-state index in [-0.39, 0.29) is 5.75 Å². The van der Waals surface area contributed by atoms with Crippen LogP contribution in [0.25, 0.3) is 11.1 Å². The maximum absolute atomic E-state index is 11.6. The molecule has 0 saturated carbocycles. The lowest BCUT2D eigenvalue weighted by Gasteiger charge is -2.04. The molecule has 0 atom stereocenters. The number of unbranched alkanes of at least 4 members (excludes halogenated alkanes) is 1. The maximum Gasteiger partial charge on any atom is 0.211 e. The number of fused-ring (bicyclic) bond motifs is 1. The molecule has 0 unspecified atom stereocenters. The molecule has 5 nitrogen and oxygen atoms in total. The predicted molar refractivity (Wildman–Crippen MR) is 74.4 cm³/mol. The number of benzene rings is 1. The summed E-state index contributed by atoms with van der Waals surface area (Å²) >= 11 is 0. The largest absolute Gasteiger partial charge is 0.441 e. The van der Waals surface area contributed by atoms with Gasteiger partial charge in [-0.15, -0.1) is 0 Å². The molecular weight excluding hydrogens is 264 g/mol. The number of hydrogen-bond donors (Lipinski definition) is 1. The summed E-state index contributed by atoms with van der Waals surface area (Å²) in [5, 5.41) is 0. The van der Waals surface area contributed by atoms with Crippen molar-refractivity contribution in [3.63, 3.8) is 0 Å². The van der Waals surface area contributed by atoms with Crippen LogP contribution in [0.2, 0.25) is 0 Å². The third-order valence-electron chi connectivity index (χ3n) is 2.77. The normalized spacial score (nSPS) is 12.1. The van der Waals surface area contributed by atoms with E-state index in [4.69, 9.17) is 4.42 Å². The zero-order valence-corrected chi connectivity index (χ0v) is 11.7. The number of hydrogen-bond acceptors (Lipinski definition) is 4. The van der Waals surface area contributed by atoms with Gasteiger partial charge < -0.3 is 4.42 Å². The molecule has 0 aliphatic heterocycles. The third kappa shape index (κ3) is 4.04. The molecule has 0 aliphatic rings. The number of sulfonamides is 1. The van der Waals surface area contributed by atoms with Gasteiger partial charge >= 0.3 is 0 Å². The Kier molecular flexibility index (Phi) is 4.55. The second-order valence-corrected chi connectivity index (χ2v) is 6.32. The van der Waals surface area contributed by atoms with Gasteiger partial charge in [0, 0.05) is 13.0 Å². The van der Waals surface area contributed by atoms with Gasteiger partial charge in [0.25, 0.3) is 0 Å². The van der Waals surface area contributed by atoms with E-state index in [0.717, 1.165) is 17.5 Å². The van der Waals surface area contributed by atoms with Crippen molar-refractivity contribution in [1.82, 2.24) is 9.71 Å². The van der Waals surface area contributed by atoms with Crippen LogP contribution >= 0.6 is 0 Å². The number of nitrogens with zero attached hydrogens (tertiary/aromatic N) is 1. The van der Waals surface area contributed by atoms with Gasteiger partial charge in [0.1, 0.15) is 5.52 Å². The molecule has 1 heterocycles. The first kappa shape index (κ1) is 14.0. The van der Waals surface area contributed by atoms with Gasteiger partial charge in [-0.1, -0.05) is 25.5 Å². The minimum atomic E-state index is -3.16. The van der Waals surface area contributed by atoms with Crippen LogP contribution in [0.4, 0.5) is 0 Å². The number of oxazole rings is 1. The molecule has 0 radical (unpaired) electrons. The molecule has 19 heavy (non-hydrogen) atoms. The third-order valence-corrected chi connectivity index (χ3v) is 4.24. The van der Waals surface area contributed by atoms with Gasteiger partial charge in [-0.2, -0.15) is 0 Å². The van der Waals surface area contributed by atoms with Crippen molar-refractivity contribution >= 4 is 21.1 Å². The Hall–Kier alpha value is -1.40. The SMILES string of the molecule is CCCCS(=O)(=O)NCCc1nc2ccccc2o1. The zero-order chi connectivity index (χ0) is 13.7. The number of rotatable bonds is 7. The molecule has 6 heteroatoms. The molecule has 0 saturated heterocycles. The minimum Gasteiger partial charge on any atom is -0.441 e. The molecule has 0 aliphatic carbocycles. The first-order valence-electron chi connectivity index (χ1n) is 6.42. The number of nitrogens with one attached hydrogen (secondary N) is 1. The fourth-order valence-electron chi connectivity index (χ4n) is 1.75. The minimum absolute atomic E-state index is 0.178. The van der Waals surface area contributed by atoms with Crippen LogP contribution in [0.3, 0.4) is 0 Å². The van der Waals surface area contributed by atoms with Gasteiger partial charge in [0.2, 0.25) is 10.0 Å². The summed E-state index contributed by atoms with van der Waals surface area (Å²) in [7, 11) is -3.16. The molecule has 0 spiro atoms. The molecule has 0 amide bonds.